The van der Waals surface area contributed by atoms with E-state index in [0.717, 1.165) is 12.0 Å². The molecule has 28 heavy (non-hydrogen) atoms. The molecule has 0 fully saturated rings. The largest absolute Gasteiger partial charge is 0.496 e. The molecule has 3 aromatic rings. The second-order valence-electron chi connectivity index (χ2n) is 6.32. The lowest BCUT2D eigenvalue weighted by Gasteiger charge is -2.21. The van der Waals surface area contributed by atoms with Gasteiger partial charge in [0.2, 0.25) is 0 Å². The summed E-state index contributed by atoms with van der Waals surface area (Å²) in [5.74, 6) is 0.892. The minimum absolute atomic E-state index is 0.169. The van der Waals surface area contributed by atoms with Crippen molar-refractivity contribution in [2.24, 2.45) is 7.05 Å². The summed E-state index contributed by atoms with van der Waals surface area (Å²) in [6.45, 7) is 2.40. The fraction of sp³-hybridized carbons (Fsp3) is 0.300. The van der Waals surface area contributed by atoms with Crippen LogP contribution in [0.25, 0.3) is 0 Å². The smallest absolute Gasteiger partial charge is 0.272 e. The van der Waals surface area contributed by atoms with Gasteiger partial charge in [-0.3, -0.25) is 9.59 Å². The molecule has 0 radical (unpaired) electrons. The Kier molecular flexibility index (Phi) is 5.88. The van der Waals surface area contributed by atoms with Gasteiger partial charge in [-0.2, -0.15) is 5.10 Å². The number of methoxy groups -OCH3 is 1. The first-order valence-corrected chi connectivity index (χ1v) is 9.04. The molecule has 0 saturated carbocycles. The number of nitrogens with one attached hydrogen (secondary N) is 1. The Hall–Kier alpha value is -3.42. The van der Waals surface area contributed by atoms with Crippen LogP contribution in [0.4, 0.5) is 0 Å². The number of hydrogen-bond donors (Lipinski definition) is 1. The van der Waals surface area contributed by atoms with E-state index in [1.54, 1.807) is 13.3 Å². The second-order valence-corrected chi connectivity index (χ2v) is 6.32. The van der Waals surface area contributed by atoms with E-state index >= 15 is 0 Å². The zero-order chi connectivity index (χ0) is 20.1. The van der Waals surface area contributed by atoms with Crippen LogP contribution in [-0.2, 0) is 13.6 Å². The molecule has 1 amide bonds. The monoisotopic (exact) mass is 381 g/mol. The van der Waals surface area contributed by atoms with Crippen LogP contribution in [0.1, 0.15) is 41.3 Å². The maximum atomic E-state index is 12.9. The first kappa shape index (κ1) is 19.3. The molecule has 8 nitrogen and oxygen atoms in total. The zero-order valence-electron chi connectivity index (χ0n) is 16.1. The average Bonchev–Trinajstić information content (AvgIpc) is 3.13. The summed E-state index contributed by atoms with van der Waals surface area (Å²) >= 11 is 0. The molecular formula is C20H23N5O3. The molecule has 0 bridgehead atoms. The lowest BCUT2D eigenvalue weighted by atomic mass is 10.0. The van der Waals surface area contributed by atoms with Gasteiger partial charge in [-0.05, 0) is 18.6 Å². The molecule has 2 heterocycles. The minimum atomic E-state index is -0.544. The van der Waals surface area contributed by atoms with E-state index in [1.165, 1.54) is 16.8 Å². The fourth-order valence-electron chi connectivity index (χ4n) is 2.99. The summed E-state index contributed by atoms with van der Waals surface area (Å²) in [6, 6.07) is 9.69. The van der Waals surface area contributed by atoms with E-state index in [9.17, 15) is 9.59 Å². The van der Waals surface area contributed by atoms with Crippen molar-refractivity contribution in [1.82, 2.24) is 24.6 Å². The summed E-state index contributed by atoms with van der Waals surface area (Å²) in [5.41, 5.74) is 0.709. The van der Waals surface area contributed by atoms with Crippen LogP contribution in [-0.4, -0.2) is 32.3 Å². The Bertz CT molecular complexity index is 1020. The zero-order valence-corrected chi connectivity index (χ0v) is 16.1. The van der Waals surface area contributed by atoms with Gasteiger partial charge >= 0.3 is 0 Å². The molecule has 0 aliphatic heterocycles. The predicted octanol–water partition coefficient (Wildman–Crippen LogP) is 1.91. The van der Waals surface area contributed by atoms with Crippen LogP contribution >= 0.6 is 0 Å². The molecule has 146 valence electrons. The number of carbonyl (C=O) groups is 1. The molecule has 1 N–H and O–H groups in total. The van der Waals surface area contributed by atoms with Crippen molar-refractivity contribution in [2.45, 2.75) is 25.9 Å². The molecule has 8 heteroatoms. The fourth-order valence-corrected chi connectivity index (χ4v) is 2.99. The molecule has 0 spiro atoms. The minimum Gasteiger partial charge on any atom is -0.496 e. The Morgan fingerprint density at radius 1 is 1.25 bits per heavy atom. The first-order valence-electron chi connectivity index (χ1n) is 9.04. The molecule has 0 unspecified atom stereocenters. The average molecular weight is 381 g/mol. The number of ether oxygens (including phenoxy) is 1. The quantitative estimate of drug-likeness (QED) is 0.675. The van der Waals surface area contributed by atoms with Crippen molar-refractivity contribution >= 4 is 5.91 Å². The van der Waals surface area contributed by atoms with E-state index in [0.29, 0.717) is 18.1 Å². The van der Waals surface area contributed by atoms with E-state index in [1.807, 2.05) is 49.0 Å². The van der Waals surface area contributed by atoms with Gasteiger partial charge in [0.05, 0.1) is 7.11 Å². The number of para-hydroxylation sites is 1. The standard InChI is InChI=1S/C20H23N5O3/c1-4-12-25-17(26)10-9-15(23-25)20(27)22-18(19-21-11-13-24(19)2)14-7-5-6-8-16(14)28-3/h5-11,13,18H,4,12H2,1-3H3,(H,22,27)/t18-/m0/s1. The maximum Gasteiger partial charge on any atom is 0.272 e. The highest BCUT2D eigenvalue weighted by molar-refractivity contribution is 5.92. The van der Waals surface area contributed by atoms with Gasteiger partial charge < -0.3 is 14.6 Å². The number of carbonyl (C=O) groups excluding carboxylic acids is 1. The molecule has 3 rings (SSSR count). The van der Waals surface area contributed by atoms with Crippen LogP contribution in [0.15, 0.2) is 53.6 Å². The van der Waals surface area contributed by atoms with Crippen molar-refractivity contribution in [1.29, 1.82) is 0 Å². The van der Waals surface area contributed by atoms with E-state index in [-0.39, 0.29) is 11.3 Å². The number of nitrogens with zero attached hydrogens (tertiary/aromatic N) is 4. The summed E-state index contributed by atoms with van der Waals surface area (Å²) in [5, 5.41) is 7.16. The Labute approximate surface area is 162 Å². The van der Waals surface area contributed by atoms with Crippen LogP contribution in [0.2, 0.25) is 0 Å². The van der Waals surface area contributed by atoms with Crippen LogP contribution < -0.4 is 15.6 Å². The van der Waals surface area contributed by atoms with Gasteiger partial charge in [0.1, 0.15) is 23.3 Å². The molecule has 2 aromatic heterocycles. The van der Waals surface area contributed by atoms with Gasteiger partial charge in [0.15, 0.2) is 0 Å². The van der Waals surface area contributed by atoms with Crippen molar-refractivity contribution in [3.63, 3.8) is 0 Å². The number of rotatable bonds is 7. The third kappa shape index (κ3) is 3.95. The highest BCUT2D eigenvalue weighted by Crippen LogP contribution is 2.29. The van der Waals surface area contributed by atoms with Crippen molar-refractivity contribution in [2.75, 3.05) is 7.11 Å². The molecule has 0 aliphatic rings. The Morgan fingerprint density at radius 3 is 2.71 bits per heavy atom. The van der Waals surface area contributed by atoms with Crippen molar-refractivity contribution < 1.29 is 9.53 Å². The number of aryl methyl sites for hydroxylation is 2. The number of benzene rings is 1. The molecule has 0 saturated heterocycles. The highest BCUT2D eigenvalue weighted by Gasteiger charge is 2.25. The Morgan fingerprint density at radius 2 is 2.04 bits per heavy atom. The van der Waals surface area contributed by atoms with Gasteiger partial charge in [-0.15, -0.1) is 0 Å². The van der Waals surface area contributed by atoms with Gasteiger partial charge in [-0.25, -0.2) is 9.67 Å². The van der Waals surface area contributed by atoms with Crippen LogP contribution in [0.5, 0.6) is 5.75 Å². The van der Waals surface area contributed by atoms with Crippen molar-refractivity contribution in [3.05, 3.63) is 76.2 Å². The maximum absolute atomic E-state index is 12.9. The molecule has 1 atom stereocenters. The number of aromatic nitrogens is 4. The Balaban J connectivity index is 1.99. The van der Waals surface area contributed by atoms with E-state index in [4.69, 9.17) is 4.74 Å². The normalized spacial score (nSPS) is 11.8. The van der Waals surface area contributed by atoms with Gasteiger partial charge in [-0.1, -0.05) is 25.1 Å². The number of imidazole rings is 1. The second kappa shape index (κ2) is 8.51. The molecule has 0 aliphatic carbocycles. The van der Waals surface area contributed by atoms with E-state index in [2.05, 4.69) is 15.4 Å². The first-order chi connectivity index (χ1) is 13.5. The predicted molar refractivity (Wildman–Crippen MR) is 104 cm³/mol. The van der Waals surface area contributed by atoms with Crippen LogP contribution in [0, 0.1) is 0 Å². The molecular weight excluding hydrogens is 358 g/mol. The summed E-state index contributed by atoms with van der Waals surface area (Å²) in [6.07, 6.45) is 4.22. The van der Waals surface area contributed by atoms with E-state index < -0.39 is 11.9 Å². The highest BCUT2D eigenvalue weighted by atomic mass is 16.5. The summed E-state index contributed by atoms with van der Waals surface area (Å²) in [7, 11) is 3.44. The lowest BCUT2D eigenvalue weighted by Crippen LogP contribution is -2.34. The molecule has 1 aromatic carbocycles. The lowest BCUT2D eigenvalue weighted by molar-refractivity contribution is 0.0933. The summed E-state index contributed by atoms with van der Waals surface area (Å²) in [4.78, 5) is 29.2. The number of hydrogen-bond acceptors (Lipinski definition) is 5. The topological polar surface area (TPSA) is 91.0 Å². The van der Waals surface area contributed by atoms with Crippen molar-refractivity contribution in [3.8, 4) is 5.75 Å². The third-order valence-corrected chi connectivity index (χ3v) is 4.38. The third-order valence-electron chi connectivity index (χ3n) is 4.38. The van der Waals surface area contributed by atoms with Gasteiger partial charge in [0.25, 0.3) is 11.5 Å². The summed E-state index contributed by atoms with van der Waals surface area (Å²) < 4.78 is 8.60. The number of amides is 1. The van der Waals surface area contributed by atoms with Gasteiger partial charge in [0, 0.05) is 37.6 Å². The SMILES string of the molecule is CCCn1nc(C(=O)N[C@@H](c2ccccc2OC)c2nccn2C)ccc1=O. The van der Waals surface area contributed by atoms with Crippen LogP contribution in [0.3, 0.4) is 0 Å².